The monoisotopic (exact) mass is 238 g/mol. The average Bonchev–Trinajstić information content (AvgIpc) is 2.65. The molecule has 0 aromatic carbocycles. The molecule has 96 valence electrons. The Balaban J connectivity index is 2.80. The lowest BCUT2D eigenvalue weighted by Crippen LogP contribution is -2.51. The van der Waals surface area contributed by atoms with E-state index in [2.05, 4.69) is 12.2 Å². The van der Waals surface area contributed by atoms with E-state index in [0.29, 0.717) is 5.69 Å². The highest BCUT2D eigenvalue weighted by Gasteiger charge is 2.27. The van der Waals surface area contributed by atoms with E-state index in [1.54, 1.807) is 13.0 Å². The van der Waals surface area contributed by atoms with Gasteiger partial charge in [-0.05, 0) is 39.3 Å². The van der Waals surface area contributed by atoms with Crippen LogP contribution in [0.2, 0.25) is 0 Å². The molecule has 0 fully saturated rings. The number of hydrogen-bond donors (Lipinski definition) is 2. The normalized spacial score (nSPS) is 13.5. The van der Waals surface area contributed by atoms with Gasteiger partial charge in [-0.15, -0.1) is 0 Å². The minimum absolute atomic E-state index is 0.144. The van der Waals surface area contributed by atoms with Crippen LogP contribution in [0.5, 0.6) is 0 Å². The third kappa shape index (κ3) is 3.33. The fourth-order valence-electron chi connectivity index (χ4n) is 1.52. The zero-order chi connectivity index (χ0) is 13.1. The van der Waals surface area contributed by atoms with Crippen molar-refractivity contribution in [2.45, 2.75) is 52.3 Å². The molecular weight excluding hydrogens is 216 g/mol. The smallest absolute Gasteiger partial charge is 0.268 e. The van der Waals surface area contributed by atoms with Gasteiger partial charge in [-0.1, -0.05) is 6.92 Å². The molecule has 0 saturated heterocycles. The summed E-state index contributed by atoms with van der Waals surface area (Å²) in [4.78, 5) is 12.1. The SMILES string of the molecule is CCCn1cccc1C(=O)NC(C)(C)C(C)O. The van der Waals surface area contributed by atoms with E-state index in [-0.39, 0.29) is 5.91 Å². The van der Waals surface area contributed by atoms with Crippen molar-refractivity contribution in [2.75, 3.05) is 0 Å². The molecule has 0 aliphatic heterocycles. The molecule has 0 bridgehead atoms. The molecule has 17 heavy (non-hydrogen) atoms. The Morgan fingerprint density at radius 3 is 2.76 bits per heavy atom. The van der Waals surface area contributed by atoms with E-state index in [0.717, 1.165) is 13.0 Å². The van der Waals surface area contributed by atoms with Crippen molar-refractivity contribution in [1.82, 2.24) is 9.88 Å². The number of nitrogens with one attached hydrogen (secondary N) is 1. The third-order valence-corrected chi connectivity index (χ3v) is 3.01. The van der Waals surface area contributed by atoms with Crippen LogP contribution in [-0.4, -0.2) is 27.2 Å². The molecule has 0 aliphatic carbocycles. The maximum Gasteiger partial charge on any atom is 0.268 e. The number of carbonyl (C=O) groups is 1. The van der Waals surface area contributed by atoms with Gasteiger partial charge in [0.15, 0.2) is 0 Å². The fourth-order valence-corrected chi connectivity index (χ4v) is 1.52. The minimum atomic E-state index is -0.627. The Morgan fingerprint density at radius 2 is 2.24 bits per heavy atom. The molecule has 1 aromatic rings. The second kappa shape index (κ2) is 5.36. The summed E-state index contributed by atoms with van der Waals surface area (Å²) in [6.45, 7) is 8.18. The van der Waals surface area contributed by atoms with Gasteiger partial charge in [0, 0.05) is 12.7 Å². The summed E-state index contributed by atoms with van der Waals surface area (Å²) in [5, 5.41) is 12.4. The lowest BCUT2D eigenvalue weighted by Gasteiger charge is -2.29. The minimum Gasteiger partial charge on any atom is -0.391 e. The lowest BCUT2D eigenvalue weighted by molar-refractivity contribution is 0.0702. The number of carbonyl (C=O) groups excluding carboxylic acids is 1. The maximum atomic E-state index is 12.1. The number of rotatable bonds is 5. The molecule has 1 atom stereocenters. The van der Waals surface area contributed by atoms with Crippen molar-refractivity contribution in [2.24, 2.45) is 0 Å². The molecule has 1 rings (SSSR count). The number of nitrogens with zero attached hydrogens (tertiary/aromatic N) is 1. The van der Waals surface area contributed by atoms with Crippen LogP contribution < -0.4 is 5.32 Å². The summed E-state index contributed by atoms with van der Waals surface area (Å²) in [5.41, 5.74) is 0.0128. The lowest BCUT2D eigenvalue weighted by atomic mass is 9.98. The average molecular weight is 238 g/mol. The van der Waals surface area contributed by atoms with Gasteiger partial charge in [0.05, 0.1) is 11.6 Å². The Labute approximate surface area is 103 Å². The van der Waals surface area contributed by atoms with Gasteiger partial charge in [0.1, 0.15) is 5.69 Å². The summed E-state index contributed by atoms with van der Waals surface area (Å²) >= 11 is 0. The van der Waals surface area contributed by atoms with E-state index in [9.17, 15) is 9.90 Å². The van der Waals surface area contributed by atoms with Gasteiger partial charge < -0.3 is 15.0 Å². The molecule has 1 amide bonds. The number of amides is 1. The van der Waals surface area contributed by atoms with E-state index in [4.69, 9.17) is 0 Å². The second-order valence-electron chi connectivity index (χ2n) is 4.94. The van der Waals surface area contributed by atoms with Gasteiger partial charge >= 0.3 is 0 Å². The molecule has 2 N–H and O–H groups in total. The van der Waals surface area contributed by atoms with Crippen LogP contribution in [0.3, 0.4) is 0 Å². The van der Waals surface area contributed by atoms with E-state index in [1.807, 2.05) is 30.7 Å². The van der Waals surface area contributed by atoms with Gasteiger partial charge in [0.2, 0.25) is 0 Å². The van der Waals surface area contributed by atoms with Crippen molar-refractivity contribution in [3.63, 3.8) is 0 Å². The summed E-state index contributed by atoms with van der Waals surface area (Å²) in [7, 11) is 0. The van der Waals surface area contributed by atoms with Crippen LogP contribution >= 0.6 is 0 Å². The van der Waals surface area contributed by atoms with Crippen LogP contribution in [0.25, 0.3) is 0 Å². The van der Waals surface area contributed by atoms with Crippen molar-refractivity contribution in [3.8, 4) is 0 Å². The van der Waals surface area contributed by atoms with Crippen molar-refractivity contribution >= 4 is 5.91 Å². The summed E-state index contributed by atoms with van der Waals surface area (Å²) < 4.78 is 1.92. The number of aromatic nitrogens is 1. The highest BCUT2D eigenvalue weighted by Crippen LogP contribution is 2.11. The highest BCUT2D eigenvalue weighted by molar-refractivity contribution is 5.93. The van der Waals surface area contributed by atoms with E-state index < -0.39 is 11.6 Å². The molecule has 0 aliphatic rings. The molecule has 1 heterocycles. The Kier molecular flexibility index (Phi) is 4.34. The number of aryl methyl sites for hydroxylation is 1. The van der Waals surface area contributed by atoms with Crippen LogP contribution in [0.15, 0.2) is 18.3 Å². The van der Waals surface area contributed by atoms with Crippen LogP contribution in [0.4, 0.5) is 0 Å². The third-order valence-electron chi connectivity index (χ3n) is 3.01. The summed E-state index contributed by atoms with van der Waals surface area (Å²) in [5.74, 6) is -0.144. The van der Waals surface area contributed by atoms with Gasteiger partial charge in [0.25, 0.3) is 5.91 Å². The first-order chi connectivity index (χ1) is 7.88. The molecule has 4 nitrogen and oxygen atoms in total. The molecule has 1 aromatic heterocycles. The molecule has 0 radical (unpaired) electrons. The van der Waals surface area contributed by atoms with Crippen LogP contribution in [0.1, 0.15) is 44.6 Å². The van der Waals surface area contributed by atoms with Crippen molar-refractivity contribution in [3.05, 3.63) is 24.0 Å². The van der Waals surface area contributed by atoms with E-state index >= 15 is 0 Å². The van der Waals surface area contributed by atoms with Gasteiger partial charge in [-0.25, -0.2) is 0 Å². The first-order valence-corrected chi connectivity index (χ1v) is 6.04. The largest absolute Gasteiger partial charge is 0.391 e. The maximum absolute atomic E-state index is 12.1. The van der Waals surface area contributed by atoms with Crippen molar-refractivity contribution in [1.29, 1.82) is 0 Å². The van der Waals surface area contributed by atoms with Crippen LogP contribution in [0, 0.1) is 0 Å². The molecular formula is C13H22N2O2. The summed E-state index contributed by atoms with van der Waals surface area (Å²) in [6.07, 6.45) is 2.28. The number of aliphatic hydroxyl groups is 1. The van der Waals surface area contributed by atoms with Gasteiger partial charge in [-0.2, -0.15) is 0 Å². The zero-order valence-corrected chi connectivity index (χ0v) is 11.0. The first-order valence-electron chi connectivity index (χ1n) is 6.04. The standard InChI is InChI=1S/C13H22N2O2/c1-5-8-15-9-6-7-11(15)12(17)14-13(3,4)10(2)16/h6-7,9-10,16H,5,8H2,1-4H3,(H,14,17). The Morgan fingerprint density at radius 1 is 1.59 bits per heavy atom. The molecule has 1 unspecified atom stereocenters. The Bertz CT molecular complexity index is 381. The predicted molar refractivity (Wildman–Crippen MR) is 67.9 cm³/mol. The number of aliphatic hydroxyl groups excluding tert-OH is 1. The quantitative estimate of drug-likeness (QED) is 0.821. The first kappa shape index (κ1) is 13.8. The zero-order valence-electron chi connectivity index (χ0n) is 11.0. The molecule has 0 spiro atoms. The van der Waals surface area contributed by atoms with Crippen LogP contribution in [-0.2, 0) is 6.54 Å². The molecule has 0 saturated carbocycles. The Hall–Kier alpha value is -1.29. The molecule has 4 heteroatoms. The van der Waals surface area contributed by atoms with Gasteiger partial charge in [-0.3, -0.25) is 4.79 Å². The highest BCUT2D eigenvalue weighted by atomic mass is 16.3. The fraction of sp³-hybridized carbons (Fsp3) is 0.615. The van der Waals surface area contributed by atoms with Crippen molar-refractivity contribution < 1.29 is 9.90 Å². The van der Waals surface area contributed by atoms with E-state index in [1.165, 1.54) is 0 Å². The second-order valence-corrected chi connectivity index (χ2v) is 4.94. The topological polar surface area (TPSA) is 54.3 Å². The summed E-state index contributed by atoms with van der Waals surface area (Å²) in [6, 6.07) is 3.66. The predicted octanol–water partition coefficient (Wildman–Crippen LogP) is 1.79. The number of hydrogen-bond acceptors (Lipinski definition) is 2.